The summed E-state index contributed by atoms with van der Waals surface area (Å²) in [6.07, 6.45) is -10.5. The molecule has 0 amide bonds. The minimum Gasteiger partial charge on any atom is -0.828 e. The topological polar surface area (TPSA) is 49.4 Å². The fourth-order valence-electron chi connectivity index (χ4n) is 1.19. The number of halogens is 6. The first kappa shape index (κ1) is 18.0. The van der Waals surface area contributed by atoms with Crippen LogP contribution in [0.1, 0.15) is 32.6 Å². The second kappa shape index (κ2) is 6.44. The number of carbonyl (C=O) groups is 1. The molecule has 0 saturated heterocycles. The van der Waals surface area contributed by atoms with Gasteiger partial charge < -0.3 is 9.84 Å². The zero-order valence-electron chi connectivity index (χ0n) is 10.0. The van der Waals surface area contributed by atoms with Crippen molar-refractivity contribution < 1.29 is 41.0 Å². The molecule has 3 nitrogen and oxygen atoms in total. The normalized spacial score (nSPS) is 13.5. The Balaban J connectivity index is 4.69. The van der Waals surface area contributed by atoms with Crippen molar-refractivity contribution in [2.75, 3.05) is 6.61 Å². The molecule has 0 unspecified atom stereocenters. The lowest BCUT2D eigenvalue weighted by molar-refractivity contribution is -0.574. The lowest BCUT2D eigenvalue weighted by Crippen LogP contribution is -2.71. The molecule has 0 radical (unpaired) electrons. The van der Waals surface area contributed by atoms with Gasteiger partial charge in [0.05, 0.1) is 6.61 Å². The van der Waals surface area contributed by atoms with Gasteiger partial charge in [-0.15, -0.1) is 0 Å². The van der Waals surface area contributed by atoms with E-state index >= 15 is 0 Å². The zero-order valence-corrected chi connectivity index (χ0v) is 10.0. The van der Waals surface area contributed by atoms with Crippen LogP contribution in [0.4, 0.5) is 26.3 Å². The Morgan fingerprint density at radius 2 is 1.47 bits per heavy atom. The number of ether oxygens (including phenoxy) is 1. The van der Waals surface area contributed by atoms with Gasteiger partial charge in [-0.25, -0.2) is 0 Å². The van der Waals surface area contributed by atoms with Crippen LogP contribution in [-0.2, 0) is 9.53 Å². The van der Waals surface area contributed by atoms with Crippen molar-refractivity contribution in [3.8, 4) is 0 Å². The number of unbranched alkanes of at least 4 members (excludes halogenated alkanes) is 3. The molecule has 19 heavy (non-hydrogen) atoms. The minimum atomic E-state index is -6.30. The van der Waals surface area contributed by atoms with E-state index in [1.54, 1.807) is 0 Å². The monoisotopic (exact) mass is 295 g/mol. The number of esters is 1. The summed E-state index contributed by atoms with van der Waals surface area (Å²) in [7, 11) is 0. The molecule has 0 fully saturated rings. The van der Waals surface area contributed by atoms with Gasteiger partial charge >= 0.3 is 18.3 Å². The first-order valence-corrected chi connectivity index (χ1v) is 5.49. The number of hydrogen-bond donors (Lipinski definition) is 0. The first-order chi connectivity index (χ1) is 8.48. The van der Waals surface area contributed by atoms with Crippen molar-refractivity contribution in [2.24, 2.45) is 0 Å². The van der Waals surface area contributed by atoms with E-state index < -0.39 is 30.5 Å². The van der Waals surface area contributed by atoms with Crippen molar-refractivity contribution in [1.82, 2.24) is 0 Å². The highest BCUT2D eigenvalue weighted by molar-refractivity contribution is 5.81. The van der Waals surface area contributed by atoms with Crippen molar-refractivity contribution in [2.45, 2.75) is 50.6 Å². The molecule has 0 N–H and O–H groups in total. The van der Waals surface area contributed by atoms with Crippen LogP contribution < -0.4 is 5.11 Å². The maximum absolute atomic E-state index is 12.1. The van der Waals surface area contributed by atoms with Gasteiger partial charge in [0.1, 0.15) is 0 Å². The van der Waals surface area contributed by atoms with E-state index in [1.807, 2.05) is 6.92 Å². The largest absolute Gasteiger partial charge is 0.828 e. The number of hydrogen-bond acceptors (Lipinski definition) is 3. The Bertz CT molecular complexity index is 283. The Kier molecular flexibility index (Phi) is 6.11. The molecule has 114 valence electrons. The summed E-state index contributed by atoms with van der Waals surface area (Å²) in [6.45, 7) is 1.19. The van der Waals surface area contributed by atoms with Crippen LogP contribution in [0, 0.1) is 0 Å². The van der Waals surface area contributed by atoms with E-state index in [9.17, 15) is 36.2 Å². The molecule has 0 aromatic heterocycles. The molecule has 0 atom stereocenters. The minimum absolute atomic E-state index is 0.103. The predicted molar refractivity (Wildman–Crippen MR) is 49.9 cm³/mol. The quantitative estimate of drug-likeness (QED) is 0.429. The molecule has 0 aliphatic carbocycles. The van der Waals surface area contributed by atoms with E-state index in [-0.39, 0.29) is 6.42 Å². The molecule has 0 heterocycles. The Labute approximate surface area is 105 Å². The molecule has 0 aromatic carbocycles. The molecule has 0 rings (SSSR count). The van der Waals surface area contributed by atoms with Gasteiger partial charge in [-0.1, -0.05) is 26.2 Å². The van der Waals surface area contributed by atoms with E-state index in [2.05, 4.69) is 4.74 Å². The van der Waals surface area contributed by atoms with E-state index in [4.69, 9.17) is 0 Å². The molecule has 9 heteroatoms. The highest BCUT2D eigenvalue weighted by atomic mass is 19.4. The highest BCUT2D eigenvalue weighted by Crippen LogP contribution is 2.41. The summed E-state index contributed by atoms with van der Waals surface area (Å²) in [5.41, 5.74) is -5.73. The third-order valence-corrected chi connectivity index (χ3v) is 2.32. The number of rotatable bonds is 6. The summed E-state index contributed by atoms with van der Waals surface area (Å²) in [5, 5.41) is 10.8. The molecular formula is C10H13F6O3-. The van der Waals surface area contributed by atoms with Crippen molar-refractivity contribution in [3.05, 3.63) is 0 Å². The van der Waals surface area contributed by atoms with Gasteiger partial charge in [0.15, 0.2) is 5.60 Å². The van der Waals surface area contributed by atoms with Crippen LogP contribution in [0.5, 0.6) is 0 Å². The van der Waals surface area contributed by atoms with Gasteiger partial charge in [0.2, 0.25) is 0 Å². The van der Waals surface area contributed by atoms with Gasteiger partial charge in [-0.2, -0.15) is 26.3 Å². The summed E-state index contributed by atoms with van der Waals surface area (Å²) >= 11 is 0. The van der Waals surface area contributed by atoms with Crippen LogP contribution in [0.25, 0.3) is 0 Å². The van der Waals surface area contributed by atoms with Crippen molar-refractivity contribution in [3.63, 3.8) is 0 Å². The number of alkyl halides is 6. The second-order valence-electron chi connectivity index (χ2n) is 3.87. The molecule has 0 aromatic rings. The van der Waals surface area contributed by atoms with Gasteiger partial charge in [0, 0.05) is 0 Å². The van der Waals surface area contributed by atoms with E-state index in [0.717, 1.165) is 6.42 Å². The molecular weight excluding hydrogens is 282 g/mol. The third kappa shape index (κ3) is 4.26. The average Bonchev–Trinajstić information content (AvgIpc) is 2.24. The lowest BCUT2D eigenvalue weighted by Gasteiger charge is -2.40. The van der Waals surface area contributed by atoms with Crippen LogP contribution in [-0.4, -0.2) is 30.5 Å². The number of carbonyl (C=O) groups excluding carboxylic acids is 1. The molecule has 0 spiro atoms. The van der Waals surface area contributed by atoms with Gasteiger partial charge in [0.25, 0.3) is 0 Å². The fourth-order valence-corrected chi connectivity index (χ4v) is 1.19. The lowest BCUT2D eigenvalue weighted by atomic mass is 10.0. The van der Waals surface area contributed by atoms with Crippen LogP contribution in [0.15, 0.2) is 0 Å². The van der Waals surface area contributed by atoms with Crippen molar-refractivity contribution in [1.29, 1.82) is 0 Å². The van der Waals surface area contributed by atoms with Crippen LogP contribution in [0.3, 0.4) is 0 Å². The molecule has 0 bridgehead atoms. The predicted octanol–water partition coefficient (Wildman–Crippen LogP) is 2.33. The molecule has 0 aliphatic heterocycles. The van der Waals surface area contributed by atoms with Crippen LogP contribution >= 0.6 is 0 Å². The van der Waals surface area contributed by atoms with E-state index in [1.165, 1.54) is 0 Å². The standard InChI is InChI=1S/C10H13F6O3/c1-2-3-4-5-6-19-7(17)8(18,9(11,12)13)10(14,15)16/h2-6H2,1H3/q-1. The second-order valence-corrected chi connectivity index (χ2v) is 3.87. The summed E-state index contributed by atoms with van der Waals surface area (Å²) in [5.74, 6) is -2.86. The van der Waals surface area contributed by atoms with Crippen molar-refractivity contribution >= 4 is 5.97 Å². The fraction of sp³-hybridized carbons (Fsp3) is 0.900. The maximum atomic E-state index is 12.1. The summed E-state index contributed by atoms with van der Waals surface area (Å²) in [4.78, 5) is 10.8. The van der Waals surface area contributed by atoms with Gasteiger partial charge in [-0.05, 0) is 6.42 Å². The summed E-state index contributed by atoms with van der Waals surface area (Å²) in [6, 6.07) is 0. The smallest absolute Gasteiger partial charge is 0.399 e. The maximum Gasteiger partial charge on any atom is 0.399 e. The molecule has 0 aliphatic rings. The average molecular weight is 295 g/mol. The third-order valence-electron chi connectivity index (χ3n) is 2.32. The Morgan fingerprint density at radius 3 is 1.84 bits per heavy atom. The van der Waals surface area contributed by atoms with Gasteiger partial charge in [-0.3, -0.25) is 4.79 Å². The first-order valence-electron chi connectivity index (χ1n) is 5.49. The Hall–Kier alpha value is -0.990. The summed E-state index contributed by atoms with van der Waals surface area (Å²) < 4.78 is 76.7. The highest BCUT2D eigenvalue weighted by Gasteiger charge is 2.68. The SMILES string of the molecule is CCCCCCOC(=O)C([O-])(C(F)(F)F)C(F)(F)F. The molecule has 0 saturated carbocycles. The Morgan fingerprint density at radius 1 is 1.00 bits per heavy atom. The van der Waals surface area contributed by atoms with Crippen LogP contribution in [0.2, 0.25) is 0 Å². The zero-order chi connectivity index (χ0) is 15.3. The van der Waals surface area contributed by atoms with E-state index in [0.29, 0.717) is 12.8 Å².